The third-order valence-corrected chi connectivity index (χ3v) is 3.18. The molecule has 1 heteroatoms. The molecule has 1 aliphatic carbocycles. The van der Waals surface area contributed by atoms with Crippen molar-refractivity contribution in [3.05, 3.63) is 42.0 Å². The van der Waals surface area contributed by atoms with Crippen LogP contribution in [0.15, 0.2) is 36.4 Å². The lowest BCUT2D eigenvalue weighted by Gasteiger charge is -2.38. The highest BCUT2D eigenvalue weighted by atomic mass is 14.6. The van der Waals surface area contributed by atoms with Crippen molar-refractivity contribution in [2.45, 2.75) is 19.3 Å². The third-order valence-electron chi connectivity index (χ3n) is 3.18. The molecule has 0 heterocycles. The van der Waals surface area contributed by atoms with Gasteiger partial charge in [-0.1, -0.05) is 48.9 Å². The first-order chi connectivity index (χ1) is 6.85. The van der Waals surface area contributed by atoms with Crippen molar-refractivity contribution in [1.29, 1.82) is 0 Å². The van der Waals surface area contributed by atoms with Crippen molar-refractivity contribution in [2.75, 3.05) is 6.54 Å². The summed E-state index contributed by atoms with van der Waals surface area (Å²) in [5, 5.41) is 0. The zero-order valence-corrected chi connectivity index (χ0v) is 8.45. The summed E-state index contributed by atoms with van der Waals surface area (Å²) in [4.78, 5) is 0. The molecule has 2 rings (SSSR count). The van der Waals surface area contributed by atoms with Gasteiger partial charge < -0.3 is 5.73 Å². The minimum atomic E-state index is 0.315. The Hall–Kier alpha value is -1.08. The van der Waals surface area contributed by atoms with Crippen molar-refractivity contribution in [3.8, 4) is 0 Å². The van der Waals surface area contributed by atoms with Crippen LogP contribution in [0.5, 0.6) is 0 Å². The van der Waals surface area contributed by atoms with E-state index < -0.39 is 0 Å². The molecule has 1 fully saturated rings. The molecule has 14 heavy (non-hydrogen) atoms. The van der Waals surface area contributed by atoms with Crippen LogP contribution in [0.4, 0.5) is 0 Å². The number of hydrogen-bond donors (Lipinski definition) is 1. The standard InChI is InChI=1S/C13H17N/c14-11-13(8-4-9-13)10-7-12-5-2-1-3-6-12/h1-3,5-7,10H,4,8-9,11,14H2/b10-7+. The second-order valence-corrected chi connectivity index (χ2v) is 4.16. The second kappa shape index (κ2) is 3.97. The maximum atomic E-state index is 5.78. The van der Waals surface area contributed by atoms with Gasteiger partial charge in [-0.15, -0.1) is 0 Å². The van der Waals surface area contributed by atoms with Crippen molar-refractivity contribution in [1.82, 2.24) is 0 Å². The molecule has 0 saturated heterocycles. The quantitative estimate of drug-likeness (QED) is 0.773. The summed E-state index contributed by atoms with van der Waals surface area (Å²) < 4.78 is 0. The molecular weight excluding hydrogens is 170 g/mol. The Labute approximate surface area is 85.6 Å². The van der Waals surface area contributed by atoms with Gasteiger partial charge in [0, 0.05) is 12.0 Å². The number of hydrogen-bond acceptors (Lipinski definition) is 1. The van der Waals surface area contributed by atoms with Crippen LogP contribution in [0, 0.1) is 5.41 Å². The molecule has 0 atom stereocenters. The molecule has 1 saturated carbocycles. The van der Waals surface area contributed by atoms with Crippen LogP contribution in [0.25, 0.3) is 6.08 Å². The Morgan fingerprint density at radius 3 is 2.43 bits per heavy atom. The summed E-state index contributed by atoms with van der Waals surface area (Å²) in [6, 6.07) is 10.4. The van der Waals surface area contributed by atoms with Gasteiger partial charge in [0.25, 0.3) is 0 Å². The van der Waals surface area contributed by atoms with Gasteiger partial charge in [-0.2, -0.15) is 0 Å². The van der Waals surface area contributed by atoms with Gasteiger partial charge >= 0.3 is 0 Å². The highest BCUT2D eigenvalue weighted by Gasteiger charge is 2.32. The third kappa shape index (κ3) is 1.88. The van der Waals surface area contributed by atoms with Gasteiger partial charge in [0.1, 0.15) is 0 Å². The van der Waals surface area contributed by atoms with E-state index >= 15 is 0 Å². The van der Waals surface area contributed by atoms with E-state index in [-0.39, 0.29) is 0 Å². The summed E-state index contributed by atoms with van der Waals surface area (Å²) >= 11 is 0. The molecule has 1 aromatic rings. The summed E-state index contributed by atoms with van der Waals surface area (Å²) in [6.45, 7) is 0.788. The zero-order chi connectivity index (χ0) is 9.86. The van der Waals surface area contributed by atoms with Gasteiger partial charge in [0.2, 0.25) is 0 Å². The molecule has 0 aliphatic heterocycles. The zero-order valence-electron chi connectivity index (χ0n) is 8.45. The lowest BCUT2D eigenvalue weighted by Crippen LogP contribution is -2.35. The molecule has 0 radical (unpaired) electrons. The van der Waals surface area contributed by atoms with Gasteiger partial charge in [-0.3, -0.25) is 0 Å². The Morgan fingerprint density at radius 2 is 1.93 bits per heavy atom. The monoisotopic (exact) mass is 187 g/mol. The van der Waals surface area contributed by atoms with Gasteiger partial charge in [0.15, 0.2) is 0 Å². The molecule has 2 N–H and O–H groups in total. The van der Waals surface area contributed by atoms with Crippen molar-refractivity contribution >= 4 is 6.08 Å². The minimum Gasteiger partial charge on any atom is -0.330 e. The predicted molar refractivity (Wildman–Crippen MR) is 60.8 cm³/mol. The molecule has 0 aromatic heterocycles. The Morgan fingerprint density at radius 1 is 1.21 bits per heavy atom. The highest BCUT2D eigenvalue weighted by molar-refractivity contribution is 5.50. The van der Waals surface area contributed by atoms with E-state index in [0.29, 0.717) is 5.41 Å². The SMILES string of the molecule is NCC1(/C=C/c2ccccc2)CCC1. The number of nitrogens with two attached hydrogens (primary N) is 1. The van der Waals surface area contributed by atoms with E-state index in [1.807, 2.05) is 6.07 Å². The van der Waals surface area contributed by atoms with Crippen molar-refractivity contribution in [2.24, 2.45) is 11.1 Å². The number of rotatable bonds is 3. The Balaban J connectivity index is 2.06. The maximum absolute atomic E-state index is 5.78. The van der Waals surface area contributed by atoms with E-state index in [4.69, 9.17) is 5.73 Å². The van der Waals surface area contributed by atoms with E-state index in [1.165, 1.54) is 24.8 Å². The highest BCUT2D eigenvalue weighted by Crippen LogP contribution is 2.41. The molecule has 0 unspecified atom stereocenters. The van der Waals surface area contributed by atoms with Crippen LogP contribution < -0.4 is 5.73 Å². The molecule has 74 valence electrons. The molecule has 1 aromatic carbocycles. The summed E-state index contributed by atoms with van der Waals surface area (Å²) in [6.07, 6.45) is 8.34. The van der Waals surface area contributed by atoms with Crippen molar-refractivity contribution in [3.63, 3.8) is 0 Å². The smallest absolute Gasteiger partial charge is 0.00143 e. The van der Waals surface area contributed by atoms with Crippen LogP contribution in [-0.2, 0) is 0 Å². The minimum absolute atomic E-state index is 0.315. The summed E-state index contributed by atoms with van der Waals surface area (Å²) in [5.74, 6) is 0. The summed E-state index contributed by atoms with van der Waals surface area (Å²) in [5.41, 5.74) is 7.37. The van der Waals surface area contributed by atoms with E-state index in [1.54, 1.807) is 0 Å². The lowest BCUT2D eigenvalue weighted by molar-refractivity contribution is 0.216. The van der Waals surface area contributed by atoms with Crippen LogP contribution >= 0.6 is 0 Å². The van der Waals surface area contributed by atoms with Crippen molar-refractivity contribution < 1.29 is 0 Å². The Kier molecular flexibility index (Phi) is 2.69. The van der Waals surface area contributed by atoms with Crippen LogP contribution in [0.1, 0.15) is 24.8 Å². The second-order valence-electron chi connectivity index (χ2n) is 4.16. The van der Waals surface area contributed by atoms with Crippen LogP contribution in [0.3, 0.4) is 0 Å². The fourth-order valence-corrected chi connectivity index (χ4v) is 1.91. The van der Waals surface area contributed by atoms with Gasteiger partial charge in [0.05, 0.1) is 0 Å². The van der Waals surface area contributed by atoms with Gasteiger partial charge in [-0.25, -0.2) is 0 Å². The topological polar surface area (TPSA) is 26.0 Å². The lowest BCUT2D eigenvalue weighted by atomic mass is 9.68. The van der Waals surface area contributed by atoms with Crippen LogP contribution in [-0.4, -0.2) is 6.54 Å². The fraction of sp³-hybridized carbons (Fsp3) is 0.385. The number of benzene rings is 1. The molecule has 1 aliphatic rings. The average molecular weight is 187 g/mol. The first kappa shape index (κ1) is 9.47. The predicted octanol–water partition coefficient (Wildman–Crippen LogP) is 2.83. The molecular formula is C13H17N. The fourth-order valence-electron chi connectivity index (χ4n) is 1.91. The van der Waals surface area contributed by atoms with E-state index in [0.717, 1.165) is 6.54 Å². The summed E-state index contributed by atoms with van der Waals surface area (Å²) in [7, 11) is 0. The Bertz CT molecular complexity index is 304. The maximum Gasteiger partial charge on any atom is 0.00143 e. The van der Waals surface area contributed by atoms with Gasteiger partial charge in [-0.05, 0) is 18.4 Å². The van der Waals surface area contributed by atoms with E-state index in [9.17, 15) is 0 Å². The first-order valence-corrected chi connectivity index (χ1v) is 5.29. The normalized spacial score (nSPS) is 19.5. The molecule has 1 nitrogen and oxygen atoms in total. The molecule has 0 bridgehead atoms. The molecule has 0 amide bonds. The van der Waals surface area contributed by atoms with Crippen LogP contribution in [0.2, 0.25) is 0 Å². The largest absolute Gasteiger partial charge is 0.330 e. The molecule has 0 spiro atoms. The first-order valence-electron chi connectivity index (χ1n) is 5.29. The van der Waals surface area contributed by atoms with E-state index in [2.05, 4.69) is 36.4 Å². The average Bonchev–Trinajstić information content (AvgIpc) is 2.19.